The van der Waals surface area contributed by atoms with E-state index in [1.54, 1.807) is 53.3 Å². The predicted molar refractivity (Wildman–Crippen MR) is 126 cm³/mol. The summed E-state index contributed by atoms with van der Waals surface area (Å²) in [6.07, 6.45) is -2.01. The largest absolute Gasteiger partial charge is 0.389 e. The summed E-state index contributed by atoms with van der Waals surface area (Å²) in [5.41, 5.74) is 2.61. The fourth-order valence-electron chi connectivity index (χ4n) is 4.00. The van der Waals surface area contributed by atoms with Crippen molar-refractivity contribution in [2.45, 2.75) is 19.0 Å². The zero-order valence-electron chi connectivity index (χ0n) is 18.0. The Balaban J connectivity index is 1.73. The van der Waals surface area contributed by atoms with Gasteiger partial charge in [-0.25, -0.2) is 0 Å². The molecule has 3 heterocycles. The Morgan fingerprint density at radius 1 is 0.971 bits per heavy atom. The average Bonchev–Trinajstić information content (AvgIpc) is 3.17. The summed E-state index contributed by atoms with van der Waals surface area (Å²) in [6.45, 7) is 0. The first-order chi connectivity index (χ1) is 16.2. The molecule has 172 valence electrons. The van der Waals surface area contributed by atoms with Crippen molar-refractivity contribution in [3.63, 3.8) is 0 Å². The molecule has 0 spiro atoms. The molecule has 0 unspecified atom stereocenters. The molecule has 34 heavy (non-hydrogen) atoms. The summed E-state index contributed by atoms with van der Waals surface area (Å²) in [4.78, 5) is 18.2. The van der Waals surface area contributed by atoms with E-state index >= 15 is 0 Å². The maximum absolute atomic E-state index is 13.7. The maximum atomic E-state index is 13.7. The van der Waals surface area contributed by atoms with Crippen LogP contribution in [0.2, 0.25) is 5.02 Å². The minimum Gasteiger partial charge on any atom is -0.283 e. The second-order valence-electron chi connectivity index (χ2n) is 8.09. The zero-order valence-corrected chi connectivity index (χ0v) is 18.7. The van der Waals surface area contributed by atoms with Gasteiger partial charge in [0.2, 0.25) is 0 Å². The highest BCUT2D eigenvalue weighted by Gasteiger charge is 2.27. The third kappa shape index (κ3) is 4.28. The number of alkyl halides is 3. The summed E-state index contributed by atoms with van der Waals surface area (Å²) in [5, 5.41) is 6.38. The highest BCUT2D eigenvalue weighted by atomic mass is 35.5. The molecular formula is C25H18ClF3N4O. The Morgan fingerprint density at radius 3 is 2.47 bits per heavy atom. The lowest BCUT2D eigenvalue weighted by Gasteiger charge is -2.14. The number of hydrogen-bond acceptors (Lipinski definition) is 3. The van der Waals surface area contributed by atoms with E-state index in [0.717, 1.165) is 10.9 Å². The number of halogens is 4. The van der Waals surface area contributed by atoms with Gasteiger partial charge in [0, 0.05) is 53.0 Å². The van der Waals surface area contributed by atoms with Gasteiger partial charge >= 0.3 is 6.18 Å². The lowest BCUT2D eigenvalue weighted by atomic mass is 10.0. The number of fused-ring (bicyclic) bond motifs is 2. The molecule has 9 heteroatoms. The van der Waals surface area contributed by atoms with E-state index in [1.165, 1.54) is 4.57 Å². The van der Waals surface area contributed by atoms with Crippen LogP contribution in [-0.4, -0.2) is 25.5 Å². The molecule has 0 saturated carbocycles. The van der Waals surface area contributed by atoms with Crippen LogP contribution >= 0.6 is 11.6 Å². The van der Waals surface area contributed by atoms with Crippen LogP contribution in [-0.2, 0) is 13.5 Å². The minimum atomic E-state index is -4.29. The van der Waals surface area contributed by atoms with Crippen molar-refractivity contribution < 1.29 is 13.2 Å². The van der Waals surface area contributed by atoms with E-state index in [4.69, 9.17) is 11.6 Å². The number of aryl methyl sites for hydroxylation is 2. The SMILES string of the molecule is Cn1cc2cc(-n3cc4ccc(CCC(F)(F)F)nc4c(-c4ccc(Cl)cc4)c3=O)ccc2n1. The molecule has 5 nitrogen and oxygen atoms in total. The Hall–Kier alpha value is -3.65. The molecule has 0 amide bonds. The molecule has 0 aliphatic heterocycles. The molecule has 0 bridgehead atoms. The lowest BCUT2D eigenvalue weighted by Crippen LogP contribution is -2.20. The molecule has 0 saturated heterocycles. The van der Waals surface area contributed by atoms with Crippen LogP contribution in [0.15, 0.2) is 71.8 Å². The fourth-order valence-corrected chi connectivity index (χ4v) is 4.12. The fraction of sp³-hybridized carbons (Fsp3) is 0.160. The quantitative estimate of drug-likeness (QED) is 0.311. The summed E-state index contributed by atoms with van der Waals surface area (Å²) in [7, 11) is 1.82. The van der Waals surface area contributed by atoms with Crippen molar-refractivity contribution in [3.05, 3.63) is 88.1 Å². The molecule has 0 aliphatic rings. The molecular weight excluding hydrogens is 465 g/mol. The highest BCUT2D eigenvalue weighted by Crippen LogP contribution is 2.28. The normalized spacial score (nSPS) is 12.0. The van der Waals surface area contributed by atoms with Gasteiger partial charge in [0.1, 0.15) is 0 Å². The van der Waals surface area contributed by atoms with Gasteiger partial charge in [0.15, 0.2) is 0 Å². The van der Waals surface area contributed by atoms with Crippen molar-refractivity contribution >= 4 is 33.4 Å². The number of benzene rings is 2. The third-order valence-electron chi connectivity index (χ3n) is 5.60. The van der Waals surface area contributed by atoms with E-state index in [0.29, 0.717) is 32.7 Å². The van der Waals surface area contributed by atoms with Crippen molar-refractivity contribution in [1.82, 2.24) is 19.3 Å². The van der Waals surface area contributed by atoms with Crippen LogP contribution in [0, 0.1) is 0 Å². The number of hydrogen-bond donors (Lipinski definition) is 0. The first-order valence-corrected chi connectivity index (χ1v) is 10.9. The molecule has 2 aromatic carbocycles. The van der Waals surface area contributed by atoms with Gasteiger partial charge in [0.25, 0.3) is 5.56 Å². The summed E-state index contributed by atoms with van der Waals surface area (Å²) < 4.78 is 41.5. The van der Waals surface area contributed by atoms with Gasteiger partial charge < -0.3 is 0 Å². The molecule has 5 aromatic rings. The average molecular weight is 483 g/mol. The van der Waals surface area contributed by atoms with Crippen molar-refractivity contribution in [2.75, 3.05) is 0 Å². The topological polar surface area (TPSA) is 52.7 Å². The second kappa shape index (κ2) is 8.29. The zero-order chi connectivity index (χ0) is 24.0. The maximum Gasteiger partial charge on any atom is 0.389 e. The Kier molecular flexibility index (Phi) is 5.40. The first-order valence-electron chi connectivity index (χ1n) is 10.5. The Bertz CT molecular complexity index is 1590. The molecule has 0 aliphatic carbocycles. The monoisotopic (exact) mass is 482 g/mol. The van der Waals surface area contributed by atoms with E-state index in [2.05, 4.69) is 10.1 Å². The Morgan fingerprint density at radius 2 is 1.74 bits per heavy atom. The number of pyridine rings is 2. The highest BCUT2D eigenvalue weighted by molar-refractivity contribution is 6.30. The Labute approximate surface area is 197 Å². The summed E-state index contributed by atoms with van der Waals surface area (Å²) >= 11 is 6.04. The number of aromatic nitrogens is 4. The smallest absolute Gasteiger partial charge is 0.283 e. The molecule has 0 atom stereocenters. The summed E-state index contributed by atoms with van der Waals surface area (Å²) in [6, 6.07) is 15.5. The van der Waals surface area contributed by atoms with Gasteiger partial charge in [-0.3, -0.25) is 19.0 Å². The van der Waals surface area contributed by atoms with Crippen LogP contribution < -0.4 is 5.56 Å². The van der Waals surface area contributed by atoms with E-state index in [-0.39, 0.29) is 17.7 Å². The minimum absolute atomic E-state index is 0.264. The van der Waals surface area contributed by atoms with Gasteiger partial charge in [-0.2, -0.15) is 18.3 Å². The summed E-state index contributed by atoms with van der Waals surface area (Å²) in [5.74, 6) is 0. The van der Waals surface area contributed by atoms with Crippen LogP contribution in [0.5, 0.6) is 0 Å². The van der Waals surface area contributed by atoms with Gasteiger partial charge in [-0.15, -0.1) is 0 Å². The predicted octanol–water partition coefficient (Wildman–Crippen LogP) is 6.09. The van der Waals surface area contributed by atoms with Crippen LogP contribution in [0.1, 0.15) is 12.1 Å². The van der Waals surface area contributed by atoms with Crippen molar-refractivity contribution in [2.24, 2.45) is 7.05 Å². The first kappa shape index (κ1) is 22.2. The standard InChI is InChI=1S/C25H18ClF3N4O/c1-32-13-17-12-20(8-9-21(17)31-32)33-14-16-4-7-19(10-11-25(27,28)29)30-23(16)22(24(33)34)15-2-5-18(26)6-3-15/h2-9,12-14H,10-11H2,1H3. The number of nitrogens with zero attached hydrogens (tertiary/aromatic N) is 4. The van der Waals surface area contributed by atoms with Crippen LogP contribution in [0.25, 0.3) is 38.6 Å². The molecule has 3 aromatic heterocycles. The van der Waals surface area contributed by atoms with Crippen LogP contribution in [0.4, 0.5) is 13.2 Å². The third-order valence-corrected chi connectivity index (χ3v) is 5.85. The van der Waals surface area contributed by atoms with Crippen molar-refractivity contribution in [3.8, 4) is 16.8 Å². The van der Waals surface area contributed by atoms with Crippen molar-refractivity contribution in [1.29, 1.82) is 0 Å². The van der Waals surface area contributed by atoms with E-state index in [9.17, 15) is 18.0 Å². The van der Waals surface area contributed by atoms with Gasteiger partial charge in [-0.1, -0.05) is 23.7 Å². The molecule has 0 N–H and O–H groups in total. The van der Waals surface area contributed by atoms with E-state index < -0.39 is 12.6 Å². The second-order valence-corrected chi connectivity index (χ2v) is 8.52. The number of rotatable bonds is 4. The molecule has 5 rings (SSSR count). The van der Waals surface area contributed by atoms with Gasteiger partial charge in [0.05, 0.1) is 16.6 Å². The molecule has 0 radical (unpaired) electrons. The van der Waals surface area contributed by atoms with Gasteiger partial charge in [-0.05, 0) is 54.4 Å². The van der Waals surface area contributed by atoms with Crippen LogP contribution in [0.3, 0.4) is 0 Å². The lowest BCUT2D eigenvalue weighted by molar-refractivity contribution is -0.134. The van der Waals surface area contributed by atoms with E-state index in [1.807, 2.05) is 25.4 Å². The molecule has 0 fully saturated rings.